The van der Waals surface area contributed by atoms with E-state index in [-0.39, 0.29) is 17.0 Å². The van der Waals surface area contributed by atoms with E-state index < -0.39 is 11.6 Å². The van der Waals surface area contributed by atoms with E-state index in [1.165, 1.54) is 11.6 Å². The maximum Gasteiger partial charge on any atom is 0.153 e. The molecular formula is C24H29F2N3O2. The summed E-state index contributed by atoms with van der Waals surface area (Å²) in [5.41, 5.74) is 7.44. The molecule has 0 aliphatic rings. The molecule has 0 bridgehead atoms. The summed E-state index contributed by atoms with van der Waals surface area (Å²) in [7, 11) is 3.61. The van der Waals surface area contributed by atoms with Gasteiger partial charge in [-0.1, -0.05) is 31.4 Å². The Kier molecular flexibility index (Phi) is 13.5. The van der Waals surface area contributed by atoms with Crippen LogP contribution >= 0.6 is 0 Å². The van der Waals surface area contributed by atoms with Crippen molar-refractivity contribution in [2.45, 2.75) is 13.0 Å². The van der Waals surface area contributed by atoms with Crippen molar-refractivity contribution in [3.63, 3.8) is 0 Å². The Bertz CT molecular complexity index is 912. The van der Waals surface area contributed by atoms with Crippen molar-refractivity contribution in [3.8, 4) is 5.75 Å². The lowest BCUT2D eigenvalue weighted by Gasteiger charge is -2.07. The number of benzene rings is 2. The van der Waals surface area contributed by atoms with Crippen LogP contribution in [0.3, 0.4) is 0 Å². The van der Waals surface area contributed by atoms with Gasteiger partial charge >= 0.3 is 0 Å². The van der Waals surface area contributed by atoms with Gasteiger partial charge in [0, 0.05) is 29.9 Å². The Morgan fingerprint density at radius 3 is 2.42 bits per heavy atom. The number of hydrogen-bond acceptors (Lipinski definition) is 5. The van der Waals surface area contributed by atoms with Crippen molar-refractivity contribution in [1.29, 1.82) is 5.41 Å². The molecule has 0 fully saturated rings. The molecule has 0 unspecified atom stereocenters. The average molecular weight is 430 g/mol. The van der Waals surface area contributed by atoms with Gasteiger partial charge in [0.25, 0.3) is 0 Å². The van der Waals surface area contributed by atoms with E-state index in [0.29, 0.717) is 18.3 Å². The van der Waals surface area contributed by atoms with Crippen LogP contribution in [0.4, 0.5) is 14.5 Å². The van der Waals surface area contributed by atoms with Gasteiger partial charge in [0.1, 0.15) is 17.4 Å². The van der Waals surface area contributed by atoms with Gasteiger partial charge in [0.05, 0.1) is 12.7 Å². The number of carbonyl (C=O) groups is 1. The number of hydrogen-bond donors (Lipinski definition) is 3. The zero-order valence-corrected chi connectivity index (χ0v) is 17.9. The molecule has 0 atom stereocenters. The smallest absolute Gasteiger partial charge is 0.153 e. The molecule has 0 amide bonds. The minimum absolute atomic E-state index is 0.0898. The molecular weight excluding hydrogens is 400 g/mol. The third-order valence-electron chi connectivity index (χ3n) is 3.71. The third kappa shape index (κ3) is 10.7. The van der Waals surface area contributed by atoms with Crippen LogP contribution in [0.2, 0.25) is 0 Å². The first-order chi connectivity index (χ1) is 14.7. The van der Waals surface area contributed by atoms with Crippen molar-refractivity contribution in [3.05, 3.63) is 96.6 Å². The Balaban J connectivity index is 0.000000492. The molecule has 0 saturated carbocycles. The van der Waals surface area contributed by atoms with Gasteiger partial charge in [0.2, 0.25) is 0 Å². The van der Waals surface area contributed by atoms with Crippen LogP contribution in [-0.4, -0.2) is 26.2 Å². The van der Waals surface area contributed by atoms with Gasteiger partial charge < -0.3 is 21.2 Å². The summed E-state index contributed by atoms with van der Waals surface area (Å²) in [4.78, 5) is 10.5. The number of ether oxygens (including phenoxy) is 1. The zero-order chi connectivity index (χ0) is 23.8. The number of rotatable bonds is 8. The molecule has 0 saturated heterocycles. The summed E-state index contributed by atoms with van der Waals surface area (Å²) in [6.45, 7) is 10.4. The number of anilines is 1. The number of nitrogens with one attached hydrogen (secondary N) is 2. The number of nitrogen functional groups attached to an aromatic ring is 1. The first-order valence-electron chi connectivity index (χ1n) is 9.21. The van der Waals surface area contributed by atoms with Crippen LogP contribution in [0, 0.1) is 11.2 Å². The summed E-state index contributed by atoms with van der Waals surface area (Å²) < 4.78 is 29.3. The van der Waals surface area contributed by atoms with Gasteiger partial charge in [-0.15, -0.1) is 6.58 Å². The highest BCUT2D eigenvalue weighted by Gasteiger charge is 2.10. The maximum absolute atomic E-state index is 13.1. The van der Waals surface area contributed by atoms with Crippen molar-refractivity contribution in [2.24, 2.45) is 0 Å². The summed E-state index contributed by atoms with van der Waals surface area (Å²) >= 11 is 0. The molecule has 0 heterocycles. The Morgan fingerprint density at radius 2 is 1.94 bits per heavy atom. The number of aldehydes is 1. The van der Waals surface area contributed by atoms with Gasteiger partial charge in [-0.2, -0.15) is 0 Å². The molecule has 0 aliphatic heterocycles. The summed E-state index contributed by atoms with van der Waals surface area (Å²) in [5, 5.41) is 10.7. The average Bonchev–Trinajstić information content (AvgIpc) is 2.75. The summed E-state index contributed by atoms with van der Waals surface area (Å²) in [6, 6.07) is 10.4. The Morgan fingerprint density at radius 1 is 1.29 bits per heavy atom. The number of allylic oxidation sites excluding steroid dienone is 3. The first kappa shape index (κ1) is 27.4. The molecule has 2 aromatic rings. The Labute approximate surface area is 182 Å². The minimum Gasteiger partial charge on any atom is -0.497 e. The summed E-state index contributed by atoms with van der Waals surface area (Å²) in [5.74, 6) is -0.236. The van der Waals surface area contributed by atoms with Crippen molar-refractivity contribution in [2.75, 3.05) is 19.9 Å². The van der Waals surface area contributed by atoms with Crippen LogP contribution in [0.25, 0.3) is 0 Å². The normalized spacial score (nSPS) is 9.16. The first-order valence-corrected chi connectivity index (χ1v) is 9.21. The monoisotopic (exact) mass is 429 g/mol. The van der Waals surface area contributed by atoms with Gasteiger partial charge in [-0.05, 0) is 43.0 Å². The molecule has 4 N–H and O–H groups in total. The second-order valence-corrected chi connectivity index (χ2v) is 6.08. The molecule has 166 valence electrons. The molecule has 0 aliphatic carbocycles. The van der Waals surface area contributed by atoms with Crippen molar-refractivity contribution >= 4 is 17.7 Å². The second kappa shape index (κ2) is 15.3. The summed E-state index contributed by atoms with van der Waals surface area (Å²) in [6.07, 6.45) is 3.33. The molecule has 0 aromatic heterocycles. The second-order valence-electron chi connectivity index (χ2n) is 6.08. The highest BCUT2D eigenvalue weighted by molar-refractivity contribution is 6.04. The molecule has 2 rings (SSSR count). The lowest BCUT2D eigenvalue weighted by atomic mass is 10.0. The van der Waals surface area contributed by atoms with Gasteiger partial charge in [-0.25, -0.2) is 8.78 Å². The van der Waals surface area contributed by atoms with Crippen molar-refractivity contribution < 1.29 is 18.3 Å². The van der Waals surface area contributed by atoms with Crippen LogP contribution < -0.4 is 15.8 Å². The van der Waals surface area contributed by atoms with Gasteiger partial charge in [-0.3, -0.25) is 4.79 Å². The quantitative estimate of drug-likeness (QED) is 0.176. The minimum atomic E-state index is -0.669. The molecule has 31 heavy (non-hydrogen) atoms. The third-order valence-corrected chi connectivity index (χ3v) is 3.71. The number of methoxy groups -OCH3 is 1. The van der Waals surface area contributed by atoms with Crippen LogP contribution in [0.5, 0.6) is 5.75 Å². The lowest BCUT2D eigenvalue weighted by molar-refractivity contribution is 0.112. The van der Waals surface area contributed by atoms with E-state index >= 15 is 0 Å². The standard InChI is InChI=1S/C11H11FN2O.C9H13NO.C4H5F/c1-2-3-10(13)8-4-7(6-15)9(12)5-11(8)14;1-10-7-8-4-3-5-9(6-8)11-2;1-3-4(2)5/h2,4-6,13H,1,3,14H2;3-6,10H,7H2,1-2H3;3H,1-2H2. The van der Waals surface area contributed by atoms with E-state index in [4.69, 9.17) is 15.9 Å². The topological polar surface area (TPSA) is 88.2 Å². The van der Waals surface area contributed by atoms with E-state index in [1.54, 1.807) is 13.2 Å². The number of halogens is 2. The molecule has 5 nitrogen and oxygen atoms in total. The predicted molar refractivity (Wildman–Crippen MR) is 124 cm³/mol. The van der Waals surface area contributed by atoms with E-state index in [0.717, 1.165) is 24.4 Å². The molecule has 7 heteroatoms. The molecule has 0 spiro atoms. The maximum atomic E-state index is 13.1. The number of carbonyl (C=O) groups excluding carboxylic acids is 1. The predicted octanol–water partition coefficient (Wildman–Crippen LogP) is 5.23. The fourth-order valence-corrected chi connectivity index (χ4v) is 2.20. The van der Waals surface area contributed by atoms with Crippen LogP contribution in [0.15, 0.2) is 74.1 Å². The molecule has 0 radical (unpaired) electrons. The van der Waals surface area contributed by atoms with E-state index in [9.17, 15) is 13.6 Å². The molecule has 2 aromatic carbocycles. The van der Waals surface area contributed by atoms with Crippen LogP contribution in [-0.2, 0) is 6.54 Å². The zero-order valence-electron chi connectivity index (χ0n) is 17.9. The van der Waals surface area contributed by atoms with Gasteiger partial charge in [0.15, 0.2) is 6.29 Å². The SMILES string of the molecule is C=CC(=C)F.C=CCC(=N)c1cc(C=O)c(F)cc1N.CNCc1cccc(OC)c1. The van der Waals surface area contributed by atoms with Crippen LogP contribution in [0.1, 0.15) is 27.9 Å². The Hall–Kier alpha value is -3.58. The largest absolute Gasteiger partial charge is 0.497 e. The fourth-order valence-electron chi connectivity index (χ4n) is 2.20. The highest BCUT2D eigenvalue weighted by Crippen LogP contribution is 2.18. The highest BCUT2D eigenvalue weighted by atomic mass is 19.1. The van der Waals surface area contributed by atoms with Crippen molar-refractivity contribution in [1.82, 2.24) is 5.32 Å². The van der Waals surface area contributed by atoms with E-state index in [1.807, 2.05) is 25.2 Å². The fraction of sp³-hybridized carbons (Fsp3) is 0.167. The lowest BCUT2D eigenvalue weighted by Crippen LogP contribution is -2.05. The number of nitrogens with two attached hydrogens (primary N) is 1. The van der Waals surface area contributed by atoms with E-state index in [2.05, 4.69) is 31.1 Å².